The molecule has 2 unspecified atom stereocenters. The summed E-state index contributed by atoms with van der Waals surface area (Å²) in [5, 5.41) is 2.91. The first-order chi connectivity index (χ1) is 14.5. The van der Waals surface area contributed by atoms with Gasteiger partial charge in [0.15, 0.2) is 0 Å². The molecule has 2 bridgehead atoms. The fourth-order valence-electron chi connectivity index (χ4n) is 4.17. The summed E-state index contributed by atoms with van der Waals surface area (Å²) < 4.78 is 33.1. The molecule has 7 nitrogen and oxygen atoms in total. The van der Waals surface area contributed by atoms with Crippen molar-refractivity contribution >= 4 is 16.1 Å². The molecule has 0 spiro atoms. The highest BCUT2D eigenvalue weighted by molar-refractivity contribution is 7.89. The number of fused-ring (bicyclic) bond motifs is 5. The largest absolute Gasteiger partial charge is 0.491 e. The van der Waals surface area contributed by atoms with Gasteiger partial charge < -0.3 is 15.0 Å². The van der Waals surface area contributed by atoms with E-state index in [0.717, 1.165) is 22.4 Å². The molecule has 2 aromatic rings. The Morgan fingerprint density at radius 3 is 2.87 bits per heavy atom. The third-order valence-electron chi connectivity index (χ3n) is 5.72. The molecule has 2 aliphatic rings. The second-order valence-electron chi connectivity index (χ2n) is 7.66. The standard InChI is InChI=1S/C22H27N3O4S/c1-2-30(27,28)24-19-10-12-25-20(19)15-16-6-5-7-17(14-16)18-8-3-4-9-21(18)29-13-11-23-22(25)26/h3-9,14,19-20,24H,2,10-13,15H2,1H3,(H,23,26). The van der Waals surface area contributed by atoms with Crippen LogP contribution in [-0.2, 0) is 16.4 Å². The van der Waals surface area contributed by atoms with Crippen molar-refractivity contribution in [3.8, 4) is 16.9 Å². The molecule has 2 heterocycles. The van der Waals surface area contributed by atoms with Crippen LogP contribution in [-0.4, -0.2) is 56.9 Å². The number of hydrogen-bond acceptors (Lipinski definition) is 4. The van der Waals surface area contributed by atoms with E-state index in [1.54, 1.807) is 11.8 Å². The molecule has 8 heteroatoms. The van der Waals surface area contributed by atoms with Crippen LogP contribution in [0.1, 0.15) is 18.9 Å². The lowest BCUT2D eigenvalue weighted by Crippen LogP contribution is -2.51. The van der Waals surface area contributed by atoms with Crippen molar-refractivity contribution in [2.24, 2.45) is 0 Å². The van der Waals surface area contributed by atoms with Crippen molar-refractivity contribution in [2.75, 3.05) is 25.4 Å². The number of ether oxygens (including phenoxy) is 1. The van der Waals surface area contributed by atoms with Crippen LogP contribution in [0.3, 0.4) is 0 Å². The molecule has 160 valence electrons. The van der Waals surface area contributed by atoms with Gasteiger partial charge in [0.25, 0.3) is 0 Å². The van der Waals surface area contributed by atoms with E-state index in [1.807, 2.05) is 42.5 Å². The first kappa shape index (κ1) is 20.7. The molecular formula is C22H27N3O4S. The summed E-state index contributed by atoms with van der Waals surface area (Å²) in [6, 6.07) is 15.3. The zero-order chi connectivity index (χ0) is 21.1. The monoisotopic (exact) mass is 429 g/mol. The minimum Gasteiger partial charge on any atom is -0.491 e. The highest BCUT2D eigenvalue weighted by Gasteiger charge is 2.38. The molecule has 1 fully saturated rings. The van der Waals surface area contributed by atoms with Gasteiger partial charge in [-0.25, -0.2) is 17.9 Å². The molecule has 1 saturated heterocycles. The van der Waals surface area contributed by atoms with E-state index in [-0.39, 0.29) is 23.9 Å². The van der Waals surface area contributed by atoms with Crippen LogP contribution in [0.4, 0.5) is 4.79 Å². The quantitative estimate of drug-likeness (QED) is 0.784. The number of rotatable bonds is 3. The SMILES string of the molecule is CCS(=O)(=O)NC1CCN2C(=O)NCCOc3ccccc3-c3cccc(c3)CC12. The lowest BCUT2D eigenvalue weighted by Gasteiger charge is -2.29. The normalized spacial score (nSPS) is 21.9. The van der Waals surface area contributed by atoms with Crippen LogP contribution in [0.5, 0.6) is 5.75 Å². The highest BCUT2D eigenvalue weighted by atomic mass is 32.2. The molecule has 30 heavy (non-hydrogen) atoms. The molecule has 0 saturated carbocycles. The lowest BCUT2D eigenvalue weighted by atomic mass is 9.96. The Morgan fingerprint density at radius 2 is 2.03 bits per heavy atom. The van der Waals surface area contributed by atoms with E-state index in [2.05, 4.69) is 16.1 Å². The summed E-state index contributed by atoms with van der Waals surface area (Å²) in [5.74, 6) is 0.795. The Kier molecular flexibility index (Phi) is 5.97. The topological polar surface area (TPSA) is 87.7 Å². The van der Waals surface area contributed by atoms with Gasteiger partial charge in [-0.3, -0.25) is 0 Å². The number of nitrogens with zero attached hydrogens (tertiary/aromatic N) is 1. The fourth-order valence-corrected chi connectivity index (χ4v) is 5.07. The number of amides is 2. The average Bonchev–Trinajstić information content (AvgIpc) is 3.12. The first-order valence-electron chi connectivity index (χ1n) is 10.3. The summed E-state index contributed by atoms with van der Waals surface area (Å²) in [4.78, 5) is 14.6. The van der Waals surface area contributed by atoms with Crippen molar-refractivity contribution in [1.29, 1.82) is 0 Å². The Balaban J connectivity index is 1.70. The van der Waals surface area contributed by atoms with Gasteiger partial charge in [-0.15, -0.1) is 0 Å². The van der Waals surface area contributed by atoms with Crippen LogP contribution < -0.4 is 14.8 Å². The van der Waals surface area contributed by atoms with Gasteiger partial charge in [-0.1, -0.05) is 42.5 Å². The van der Waals surface area contributed by atoms with Gasteiger partial charge in [0.1, 0.15) is 12.4 Å². The third kappa shape index (κ3) is 4.44. The fraction of sp³-hybridized carbons (Fsp3) is 0.409. The molecule has 0 aliphatic carbocycles. The maximum absolute atomic E-state index is 12.8. The van der Waals surface area contributed by atoms with E-state index < -0.39 is 10.0 Å². The highest BCUT2D eigenvalue weighted by Crippen LogP contribution is 2.31. The van der Waals surface area contributed by atoms with Crippen LogP contribution in [0.2, 0.25) is 0 Å². The molecular weight excluding hydrogens is 402 g/mol. The van der Waals surface area contributed by atoms with Crippen molar-refractivity contribution in [1.82, 2.24) is 14.9 Å². The Labute approximate surface area is 177 Å². The zero-order valence-corrected chi connectivity index (χ0v) is 17.8. The first-order valence-corrected chi connectivity index (χ1v) is 12.0. The van der Waals surface area contributed by atoms with E-state index in [1.165, 1.54) is 0 Å². The van der Waals surface area contributed by atoms with E-state index in [0.29, 0.717) is 32.5 Å². The minimum absolute atomic E-state index is 0.0199. The molecule has 0 aromatic heterocycles. The predicted octanol–water partition coefficient (Wildman–Crippen LogP) is 2.38. The number of para-hydroxylation sites is 1. The smallest absolute Gasteiger partial charge is 0.317 e. The summed E-state index contributed by atoms with van der Waals surface area (Å²) >= 11 is 0. The molecule has 0 radical (unpaired) electrons. The van der Waals surface area contributed by atoms with Crippen molar-refractivity contribution in [2.45, 2.75) is 31.8 Å². The Morgan fingerprint density at radius 1 is 1.20 bits per heavy atom. The van der Waals surface area contributed by atoms with Gasteiger partial charge >= 0.3 is 6.03 Å². The average molecular weight is 430 g/mol. The number of carbonyl (C=O) groups is 1. The van der Waals surface area contributed by atoms with Crippen LogP contribution in [0.15, 0.2) is 48.5 Å². The maximum Gasteiger partial charge on any atom is 0.317 e. The van der Waals surface area contributed by atoms with Crippen molar-refractivity contribution in [3.05, 3.63) is 54.1 Å². The van der Waals surface area contributed by atoms with Gasteiger partial charge in [0, 0.05) is 18.2 Å². The van der Waals surface area contributed by atoms with Gasteiger partial charge in [-0.2, -0.15) is 0 Å². The molecule has 2 aliphatic heterocycles. The van der Waals surface area contributed by atoms with Gasteiger partial charge in [0.05, 0.1) is 18.3 Å². The number of urea groups is 1. The maximum atomic E-state index is 12.8. The second kappa shape index (κ2) is 8.65. The summed E-state index contributed by atoms with van der Waals surface area (Å²) in [6.45, 7) is 2.85. The van der Waals surface area contributed by atoms with Crippen LogP contribution in [0.25, 0.3) is 11.1 Å². The summed E-state index contributed by atoms with van der Waals surface area (Å²) in [5.41, 5.74) is 3.08. The van der Waals surface area contributed by atoms with Crippen molar-refractivity contribution < 1.29 is 17.9 Å². The van der Waals surface area contributed by atoms with Gasteiger partial charge in [0.2, 0.25) is 10.0 Å². The van der Waals surface area contributed by atoms with Crippen LogP contribution >= 0.6 is 0 Å². The van der Waals surface area contributed by atoms with Crippen LogP contribution in [0, 0.1) is 0 Å². The third-order valence-corrected chi connectivity index (χ3v) is 7.15. The van der Waals surface area contributed by atoms with Gasteiger partial charge in [-0.05, 0) is 37.0 Å². The number of hydrogen-bond donors (Lipinski definition) is 2. The summed E-state index contributed by atoms with van der Waals surface area (Å²) in [6.07, 6.45) is 1.16. The minimum atomic E-state index is -3.37. The van der Waals surface area contributed by atoms with E-state index in [9.17, 15) is 13.2 Å². The van der Waals surface area contributed by atoms with E-state index in [4.69, 9.17) is 4.74 Å². The number of nitrogens with one attached hydrogen (secondary N) is 2. The van der Waals surface area contributed by atoms with Crippen molar-refractivity contribution in [3.63, 3.8) is 0 Å². The number of benzene rings is 2. The Hall–Kier alpha value is -2.58. The molecule has 2 N–H and O–H groups in total. The Bertz CT molecular complexity index is 1020. The number of sulfonamides is 1. The summed E-state index contributed by atoms with van der Waals surface area (Å²) in [7, 11) is -3.37. The predicted molar refractivity (Wildman–Crippen MR) is 116 cm³/mol. The zero-order valence-electron chi connectivity index (χ0n) is 17.0. The molecule has 2 aromatic carbocycles. The molecule has 2 amide bonds. The van der Waals surface area contributed by atoms with E-state index >= 15 is 0 Å². The molecule has 4 rings (SSSR count). The lowest BCUT2D eigenvalue weighted by molar-refractivity contribution is 0.186. The second-order valence-corrected chi connectivity index (χ2v) is 9.70. The number of carbonyl (C=O) groups excluding carboxylic acids is 1. The molecule has 2 atom stereocenters.